The molecule has 34 heavy (non-hydrogen) atoms. The number of benzene rings is 3. The number of hydrogen-bond acceptors (Lipinski definition) is 5. The number of sulfonamides is 1. The number of hydrogen-bond donors (Lipinski definition) is 1. The number of carbonyl (C=O) groups excluding carboxylic acids is 1. The van der Waals surface area contributed by atoms with Crippen molar-refractivity contribution in [1.82, 2.24) is 4.90 Å². The number of aliphatic hydroxyl groups excluding tert-OH is 1. The van der Waals surface area contributed by atoms with Crippen molar-refractivity contribution in [2.75, 3.05) is 24.0 Å². The minimum absolute atomic E-state index is 0.00359. The minimum Gasteiger partial charge on any atom is -0.395 e. The summed E-state index contributed by atoms with van der Waals surface area (Å²) in [4.78, 5) is 14.5. The van der Waals surface area contributed by atoms with E-state index in [1.807, 2.05) is 6.07 Å². The molecular weight excluding hydrogens is 474 g/mol. The maximum atomic E-state index is 13.8. The Morgan fingerprint density at radius 3 is 2.56 bits per heavy atom. The van der Waals surface area contributed by atoms with Crippen LogP contribution in [-0.4, -0.2) is 44.0 Å². The summed E-state index contributed by atoms with van der Waals surface area (Å²) in [5, 5.41) is 19.0. The highest BCUT2D eigenvalue weighted by Crippen LogP contribution is 2.30. The highest BCUT2D eigenvalue weighted by molar-refractivity contribution is 7.92. The first kappa shape index (κ1) is 23.8. The Kier molecular flexibility index (Phi) is 6.89. The number of β-amino-alcohol motifs (C(OH)–C–C–N with tert-alkyl or cyclic N) is 1. The smallest absolute Gasteiger partial charge is 0.264 e. The van der Waals surface area contributed by atoms with Gasteiger partial charge in [0.25, 0.3) is 15.9 Å². The van der Waals surface area contributed by atoms with E-state index >= 15 is 0 Å². The third-order valence-electron chi connectivity index (χ3n) is 5.71. The molecule has 3 aromatic rings. The molecular formula is C25H22ClN3O4S. The molecule has 0 fully saturated rings. The van der Waals surface area contributed by atoms with E-state index in [9.17, 15) is 23.6 Å². The van der Waals surface area contributed by atoms with Gasteiger partial charge in [0.15, 0.2) is 0 Å². The molecule has 3 aromatic carbocycles. The van der Waals surface area contributed by atoms with Gasteiger partial charge in [-0.15, -0.1) is 0 Å². The molecule has 0 spiro atoms. The van der Waals surface area contributed by atoms with Gasteiger partial charge in [0.2, 0.25) is 0 Å². The second-order valence-electron chi connectivity index (χ2n) is 7.89. The Morgan fingerprint density at radius 1 is 1.09 bits per heavy atom. The van der Waals surface area contributed by atoms with E-state index < -0.39 is 10.0 Å². The third kappa shape index (κ3) is 4.77. The predicted octanol–water partition coefficient (Wildman–Crippen LogP) is 3.60. The Bertz CT molecular complexity index is 1370. The zero-order valence-corrected chi connectivity index (χ0v) is 19.8. The molecule has 0 saturated heterocycles. The van der Waals surface area contributed by atoms with Gasteiger partial charge in [0, 0.05) is 23.7 Å². The normalized spacial score (nSPS) is 13.3. The number of fused-ring (bicyclic) bond motifs is 1. The topological polar surface area (TPSA) is 102 Å². The van der Waals surface area contributed by atoms with Gasteiger partial charge in [-0.1, -0.05) is 35.9 Å². The summed E-state index contributed by atoms with van der Waals surface area (Å²) in [7, 11) is -4.08. The highest BCUT2D eigenvalue weighted by atomic mass is 35.5. The van der Waals surface area contributed by atoms with Crippen molar-refractivity contribution in [1.29, 1.82) is 5.26 Å². The van der Waals surface area contributed by atoms with E-state index in [2.05, 4.69) is 0 Å². The molecule has 0 atom stereocenters. The van der Waals surface area contributed by atoms with E-state index in [0.717, 1.165) is 5.56 Å². The second kappa shape index (κ2) is 9.85. The Balaban J connectivity index is 1.81. The first-order valence-electron chi connectivity index (χ1n) is 10.6. The molecule has 9 heteroatoms. The van der Waals surface area contributed by atoms with Crippen molar-refractivity contribution < 1.29 is 18.3 Å². The number of halogens is 1. The van der Waals surface area contributed by atoms with Crippen molar-refractivity contribution in [2.45, 2.75) is 17.9 Å². The predicted molar refractivity (Wildman–Crippen MR) is 129 cm³/mol. The quantitative estimate of drug-likeness (QED) is 0.539. The summed E-state index contributed by atoms with van der Waals surface area (Å²) in [6, 6.07) is 19.7. The van der Waals surface area contributed by atoms with Crippen LogP contribution in [0.5, 0.6) is 0 Å². The van der Waals surface area contributed by atoms with Crippen molar-refractivity contribution in [3.05, 3.63) is 94.0 Å². The lowest BCUT2D eigenvalue weighted by Gasteiger charge is -2.30. The van der Waals surface area contributed by atoms with Crippen molar-refractivity contribution >= 4 is 33.2 Å². The first-order valence-corrected chi connectivity index (χ1v) is 12.5. The molecule has 1 heterocycles. The highest BCUT2D eigenvalue weighted by Gasteiger charge is 2.29. The second-order valence-corrected chi connectivity index (χ2v) is 10.2. The number of carbonyl (C=O) groups is 1. The van der Waals surface area contributed by atoms with Gasteiger partial charge in [-0.05, 0) is 60.0 Å². The van der Waals surface area contributed by atoms with E-state index in [1.54, 1.807) is 47.4 Å². The molecule has 4 rings (SSSR count). The van der Waals surface area contributed by atoms with Crippen LogP contribution in [0.3, 0.4) is 0 Å². The molecule has 0 saturated carbocycles. The van der Waals surface area contributed by atoms with Gasteiger partial charge in [0.1, 0.15) is 0 Å². The van der Waals surface area contributed by atoms with Crippen LogP contribution in [0.1, 0.15) is 27.0 Å². The van der Waals surface area contributed by atoms with Crippen LogP contribution >= 0.6 is 11.6 Å². The van der Waals surface area contributed by atoms with E-state index in [-0.39, 0.29) is 36.1 Å². The molecule has 1 amide bonds. The third-order valence-corrected chi connectivity index (χ3v) is 7.73. The van der Waals surface area contributed by atoms with Crippen LogP contribution < -0.4 is 4.31 Å². The molecule has 1 aliphatic rings. The molecule has 0 aromatic heterocycles. The van der Waals surface area contributed by atoms with E-state index in [4.69, 9.17) is 11.6 Å². The summed E-state index contributed by atoms with van der Waals surface area (Å²) in [6.07, 6.45) is 0.621. The van der Waals surface area contributed by atoms with Crippen molar-refractivity contribution in [3.8, 4) is 6.07 Å². The molecule has 174 valence electrons. The van der Waals surface area contributed by atoms with Gasteiger partial charge in [-0.25, -0.2) is 8.42 Å². The number of anilines is 1. The summed E-state index contributed by atoms with van der Waals surface area (Å²) in [6.45, 7) is 0.576. The number of nitriles is 1. The van der Waals surface area contributed by atoms with Crippen LogP contribution in [0.25, 0.3) is 0 Å². The lowest BCUT2D eigenvalue weighted by Crippen LogP contribution is -2.39. The van der Waals surface area contributed by atoms with Gasteiger partial charge < -0.3 is 10.0 Å². The number of amides is 1. The average molecular weight is 496 g/mol. The SMILES string of the molecule is N#Cc1cccc(S(=O)(=O)N(Cc2ccc(Cl)cc2)c2ccc3c(c2)C(=O)N(CCO)CC3)c1. The minimum atomic E-state index is -4.08. The molecule has 7 nitrogen and oxygen atoms in total. The molecule has 0 bridgehead atoms. The van der Waals surface area contributed by atoms with Crippen LogP contribution in [0.2, 0.25) is 5.02 Å². The van der Waals surface area contributed by atoms with E-state index in [1.165, 1.54) is 28.6 Å². The van der Waals surface area contributed by atoms with Gasteiger partial charge in [-0.2, -0.15) is 5.26 Å². The summed E-state index contributed by atoms with van der Waals surface area (Å²) < 4.78 is 28.7. The zero-order chi connectivity index (χ0) is 24.3. The largest absolute Gasteiger partial charge is 0.395 e. The Labute approximate surface area is 203 Å². The molecule has 0 aliphatic carbocycles. The van der Waals surface area contributed by atoms with Crippen LogP contribution in [0, 0.1) is 11.3 Å². The van der Waals surface area contributed by atoms with Crippen molar-refractivity contribution in [2.24, 2.45) is 0 Å². The first-order chi connectivity index (χ1) is 16.3. The molecule has 0 unspecified atom stereocenters. The number of aliphatic hydroxyl groups is 1. The number of rotatable bonds is 7. The molecule has 1 N–H and O–H groups in total. The van der Waals surface area contributed by atoms with E-state index in [0.29, 0.717) is 34.8 Å². The zero-order valence-electron chi connectivity index (χ0n) is 18.2. The monoisotopic (exact) mass is 495 g/mol. The average Bonchev–Trinajstić information content (AvgIpc) is 2.85. The van der Waals surface area contributed by atoms with Crippen LogP contribution in [0.4, 0.5) is 5.69 Å². The van der Waals surface area contributed by atoms with Crippen LogP contribution in [-0.2, 0) is 23.0 Å². The number of nitrogens with zero attached hydrogens (tertiary/aromatic N) is 3. The fourth-order valence-electron chi connectivity index (χ4n) is 3.92. The van der Waals surface area contributed by atoms with Crippen molar-refractivity contribution in [3.63, 3.8) is 0 Å². The maximum absolute atomic E-state index is 13.8. The Morgan fingerprint density at radius 2 is 1.85 bits per heavy atom. The lowest BCUT2D eigenvalue weighted by atomic mass is 9.98. The fraction of sp³-hybridized carbons (Fsp3) is 0.200. The van der Waals surface area contributed by atoms with Gasteiger partial charge in [-0.3, -0.25) is 9.10 Å². The summed E-state index contributed by atoms with van der Waals surface area (Å²) in [5.74, 6) is -0.243. The maximum Gasteiger partial charge on any atom is 0.264 e. The van der Waals surface area contributed by atoms with Gasteiger partial charge in [0.05, 0.1) is 35.4 Å². The standard InChI is InChI=1S/C25H22ClN3O4S/c26-21-7-4-18(5-8-21)17-29(34(32,33)23-3-1-2-19(14-23)16-27)22-9-6-20-10-11-28(12-13-30)25(31)24(20)15-22/h1-9,14-15,30H,10-13,17H2. The molecule has 1 aliphatic heterocycles. The summed E-state index contributed by atoms with van der Waals surface area (Å²) >= 11 is 6.00. The Hall–Kier alpha value is -3.38. The van der Waals surface area contributed by atoms with Gasteiger partial charge >= 0.3 is 0 Å². The lowest BCUT2D eigenvalue weighted by molar-refractivity contribution is 0.0705. The summed E-state index contributed by atoms with van der Waals surface area (Å²) in [5.41, 5.74) is 2.51. The van der Waals surface area contributed by atoms with Crippen LogP contribution in [0.15, 0.2) is 71.6 Å². The molecule has 0 radical (unpaired) electrons. The fourth-order valence-corrected chi connectivity index (χ4v) is 5.54.